The number of nitrogens with one attached hydrogen (secondary N) is 1. The predicted octanol–water partition coefficient (Wildman–Crippen LogP) is 3.15. The summed E-state index contributed by atoms with van der Waals surface area (Å²) >= 11 is 6.32. The number of H-pyrrole nitrogens is 1. The monoisotopic (exact) mass is 284 g/mol. The van der Waals surface area contributed by atoms with Crippen molar-refractivity contribution in [3.05, 3.63) is 46.1 Å². The summed E-state index contributed by atoms with van der Waals surface area (Å²) in [5.74, 6) is 0.433. The van der Waals surface area contributed by atoms with Gasteiger partial charge in [0, 0.05) is 28.1 Å². The molecule has 0 atom stereocenters. The van der Waals surface area contributed by atoms with Gasteiger partial charge in [0.25, 0.3) is 5.82 Å². The van der Waals surface area contributed by atoms with Crippen molar-refractivity contribution in [3.8, 4) is 17.2 Å². The van der Waals surface area contributed by atoms with E-state index in [9.17, 15) is 5.26 Å². The second kappa shape index (κ2) is 5.15. The number of aryl methyl sites for hydroxylation is 1. The summed E-state index contributed by atoms with van der Waals surface area (Å²) < 4.78 is 0. The van der Waals surface area contributed by atoms with Crippen LogP contribution in [0.1, 0.15) is 29.7 Å². The fourth-order valence-electron chi connectivity index (χ4n) is 2.91. The maximum atomic E-state index is 9.46. The maximum absolute atomic E-state index is 9.46. The number of halogens is 1. The van der Waals surface area contributed by atoms with Crippen molar-refractivity contribution < 1.29 is 4.98 Å². The van der Waals surface area contributed by atoms with Gasteiger partial charge in [0.05, 0.1) is 0 Å². The number of nitrogen functional groups attached to an aromatic ring is 1. The molecule has 0 bridgehead atoms. The minimum atomic E-state index is 0.433. The number of nitrogens with two attached hydrogens (primary N) is 1. The number of anilines is 1. The van der Waals surface area contributed by atoms with Gasteiger partial charge < -0.3 is 0 Å². The molecule has 3 rings (SSSR count). The van der Waals surface area contributed by atoms with Crippen LogP contribution >= 0.6 is 11.6 Å². The van der Waals surface area contributed by atoms with Crippen LogP contribution in [0.3, 0.4) is 0 Å². The molecular formula is C16H15ClN3+. The van der Waals surface area contributed by atoms with Crippen molar-refractivity contribution in [2.75, 3.05) is 5.73 Å². The number of rotatable bonds is 1. The fraction of sp³-hybridized carbons (Fsp3) is 0.250. The lowest BCUT2D eigenvalue weighted by Gasteiger charge is -2.19. The van der Waals surface area contributed by atoms with E-state index in [1.54, 1.807) is 0 Å². The van der Waals surface area contributed by atoms with E-state index >= 15 is 0 Å². The molecule has 3 N–H and O–H groups in total. The highest BCUT2D eigenvalue weighted by atomic mass is 35.5. The Morgan fingerprint density at radius 3 is 2.70 bits per heavy atom. The van der Waals surface area contributed by atoms with E-state index in [4.69, 9.17) is 17.3 Å². The summed E-state index contributed by atoms with van der Waals surface area (Å²) in [6.45, 7) is 0. The topological polar surface area (TPSA) is 64.0 Å². The predicted molar refractivity (Wildman–Crippen MR) is 79.2 cm³/mol. The molecule has 3 nitrogen and oxygen atoms in total. The molecule has 0 amide bonds. The van der Waals surface area contributed by atoms with Gasteiger partial charge in [-0.2, -0.15) is 5.26 Å². The van der Waals surface area contributed by atoms with Gasteiger partial charge in [0.15, 0.2) is 0 Å². The van der Waals surface area contributed by atoms with Gasteiger partial charge in [0.2, 0.25) is 0 Å². The Morgan fingerprint density at radius 2 is 1.95 bits per heavy atom. The van der Waals surface area contributed by atoms with Crippen LogP contribution in [-0.2, 0) is 12.8 Å². The van der Waals surface area contributed by atoms with Crippen LogP contribution in [0.25, 0.3) is 11.1 Å². The number of aromatic nitrogens is 1. The third-order valence-electron chi connectivity index (χ3n) is 3.83. The van der Waals surface area contributed by atoms with Crippen LogP contribution in [0.5, 0.6) is 0 Å². The SMILES string of the molecule is N#Cc1c(N)[nH+]c2c(c1-c1ccccc1Cl)CCCC2. The highest BCUT2D eigenvalue weighted by Gasteiger charge is 2.25. The van der Waals surface area contributed by atoms with Gasteiger partial charge in [-0.15, -0.1) is 0 Å². The summed E-state index contributed by atoms with van der Waals surface area (Å²) in [5, 5.41) is 10.1. The average molecular weight is 285 g/mol. The molecule has 0 aliphatic heterocycles. The number of aromatic amines is 1. The molecule has 0 radical (unpaired) electrons. The quantitative estimate of drug-likeness (QED) is 0.874. The lowest BCUT2D eigenvalue weighted by molar-refractivity contribution is -0.374. The van der Waals surface area contributed by atoms with E-state index in [0.29, 0.717) is 16.4 Å². The third-order valence-corrected chi connectivity index (χ3v) is 4.16. The van der Waals surface area contributed by atoms with Gasteiger partial charge in [-0.05, 0) is 25.3 Å². The Bertz CT molecular complexity index is 716. The standard InChI is InChI=1S/C16H14ClN3/c17-13-7-3-1-5-10(13)15-11-6-2-4-8-14(11)20-16(19)12(15)9-18/h1,3,5,7H,2,4,6,8H2,(H2,19,20)/p+1. The summed E-state index contributed by atoms with van der Waals surface area (Å²) in [7, 11) is 0. The zero-order valence-corrected chi connectivity index (χ0v) is 11.8. The van der Waals surface area contributed by atoms with Crippen molar-refractivity contribution >= 4 is 17.4 Å². The van der Waals surface area contributed by atoms with Crippen molar-refractivity contribution in [2.45, 2.75) is 25.7 Å². The number of nitriles is 1. The molecule has 20 heavy (non-hydrogen) atoms. The van der Waals surface area contributed by atoms with E-state index in [1.165, 1.54) is 5.56 Å². The smallest absolute Gasteiger partial charge is 0.286 e. The fourth-order valence-corrected chi connectivity index (χ4v) is 3.14. The van der Waals surface area contributed by atoms with Crippen molar-refractivity contribution in [1.29, 1.82) is 5.26 Å². The summed E-state index contributed by atoms with van der Waals surface area (Å²) in [4.78, 5) is 3.19. The zero-order chi connectivity index (χ0) is 14.1. The molecule has 1 aliphatic carbocycles. The normalized spacial score (nSPS) is 13.6. The van der Waals surface area contributed by atoms with Crippen LogP contribution in [-0.4, -0.2) is 0 Å². The molecule has 0 saturated carbocycles. The lowest BCUT2D eigenvalue weighted by Crippen LogP contribution is -2.24. The third kappa shape index (κ3) is 2.03. The Labute approximate surface area is 123 Å². The number of nitrogens with zero attached hydrogens (tertiary/aromatic N) is 1. The first-order valence-electron chi connectivity index (χ1n) is 6.74. The van der Waals surface area contributed by atoms with Crippen LogP contribution in [0, 0.1) is 11.3 Å². The highest BCUT2D eigenvalue weighted by Crippen LogP contribution is 2.37. The summed E-state index contributed by atoms with van der Waals surface area (Å²) in [6, 6.07) is 9.85. The molecule has 0 fully saturated rings. The highest BCUT2D eigenvalue weighted by molar-refractivity contribution is 6.33. The number of hydrogen-bond acceptors (Lipinski definition) is 2. The van der Waals surface area contributed by atoms with E-state index in [-0.39, 0.29) is 0 Å². The van der Waals surface area contributed by atoms with Crippen LogP contribution in [0.2, 0.25) is 5.02 Å². The molecule has 0 unspecified atom stereocenters. The van der Waals surface area contributed by atoms with Crippen LogP contribution in [0.4, 0.5) is 5.82 Å². The van der Waals surface area contributed by atoms with Crippen LogP contribution < -0.4 is 10.7 Å². The first kappa shape index (κ1) is 13.0. The molecule has 1 heterocycles. The Balaban J connectivity index is 2.36. The van der Waals surface area contributed by atoms with E-state index in [0.717, 1.165) is 42.5 Å². The van der Waals surface area contributed by atoms with Gasteiger partial charge in [-0.3, -0.25) is 5.73 Å². The molecule has 1 aliphatic rings. The van der Waals surface area contributed by atoms with Crippen LogP contribution in [0.15, 0.2) is 24.3 Å². The van der Waals surface area contributed by atoms with E-state index < -0.39 is 0 Å². The summed E-state index contributed by atoms with van der Waals surface area (Å²) in [5.41, 5.74) is 10.7. The van der Waals surface area contributed by atoms with E-state index in [1.807, 2.05) is 24.3 Å². The largest absolute Gasteiger partial charge is 0.289 e. The average Bonchev–Trinajstić information content (AvgIpc) is 2.46. The number of hydrogen-bond donors (Lipinski definition) is 1. The molecule has 100 valence electrons. The van der Waals surface area contributed by atoms with Crippen molar-refractivity contribution in [1.82, 2.24) is 0 Å². The number of pyridine rings is 1. The first-order chi connectivity index (χ1) is 9.72. The maximum Gasteiger partial charge on any atom is 0.289 e. The van der Waals surface area contributed by atoms with Crippen molar-refractivity contribution in [2.24, 2.45) is 0 Å². The molecule has 0 saturated heterocycles. The van der Waals surface area contributed by atoms with E-state index in [2.05, 4.69) is 11.1 Å². The minimum Gasteiger partial charge on any atom is -0.286 e. The Kier molecular flexibility index (Phi) is 3.33. The first-order valence-corrected chi connectivity index (χ1v) is 7.11. The zero-order valence-electron chi connectivity index (χ0n) is 11.0. The molecular weight excluding hydrogens is 270 g/mol. The number of benzene rings is 1. The molecule has 1 aromatic heterocycles. The number of fused-ring (bicyclic) bond motifs is 1. The second-order valence-corrected chi connectivity index (χ2v) is 5.45. The molecule has 0 spiro atoms. The molecule has 4 heteroatoms. The van der Waals surface area contributed by atoms with Gasteiger partial charge in [0.1, 0.15) is 17.3 Å². The Morgan fingerprint density at radius 1 is 1.20 bits per heavy atom. The van der Waals surface area contributed by atoms with Gasteiger partial charge in [-0.25, -0.2) is 4.98 Å². The van der Waals surface area contributed by atoms with Gasteiger partial charge >= 0.3 is 0 Å². The molecule has 2 aromatic rings. The molecule has 1 aromatic carbocycles. The lowest BCUT2D eigenvalue weighted by atomic mass is 9.86. The second-order valence-electron chi connectivity index (χ2n) is 5.04. The van der Waals surface area contributed by atoms with Gasteiger partial charge in [-0.1, -0.05) is 29.8 Å². The van der Waals surface area contributed by atoms with Crippen molar-refractivity contribution in [3.63, 3.8) is 0 Å². The minimum absolute atomic E-state index is 0.433. The summed E-state index contributed by atoms with van der Waals surface area (Å²) in [6.07, 6.45) is 4.22. The Hall–Kier alpha value is -2.05.